The molecule has 1 aromatic heterocycles. The summed E-state index contributed by atoms with van der Waals surface area (Å²) < 4.78 is 33.6. The van der Waals surface area contributed by atoms with Crippen LogP contribution in [0.3, 0.4) is 0 Å². The van der Waals surface area contributed by atoms with Crippen LogP contribution in [0.2, 0.25) is 0 Å². The van der Waals surface area contributed by atoms with E-state index in [1.165, 1.54) is 0 Å². The van der Waals surface area contributed by atoms with Gasteiger partial charge in [0.15, 0.2) is 5.82 Å². The van der Waals surface area contributed by atoms with Crippen LogP contribution >= 0.6 is 0 Å². The van der Waals surface area contributed by atoms with E-state index in [1.807, 2.05) is 37.3 Å². The summed E-state index contributed by atoms with van der Waals surface area (Å²) in [5, 5.41) is 11.3. The van der Waals surface area contributed by atoms with E-state index in [1.54, 1.807) is 30.5 Å². The van der Waals surface area contributed by atoms with Gasteiger partial charge in [0.2, 0.25) is 10.0 Å². The van der Waals surface area contributed by atoms with Gasteiger partial charge < -0.3 is 9.64 Å². The number of piperazine rings is 1. The molecular weight excluding hydrogens is 460 g/mol. The van der Waals surface area contributed by atoms with Crippen LogP contribution in [0.5, 0.6) is 5.75 Å². The summed E-state index contributed by atoms with van der Waals surface area (Å²) in [5.41, 5.74) is 3.35. The average Bonchev–Trinajstić information content (AvgIpc) is 2.89. The maximum absolute atomic E-state index is 13.4. The Hall–Kier alpha value is -3.49. The van der Waals surface area contributed by atoms with Crippen LogP contribution in [0.1, 0.15) is 11.1 Å². The molecule has 0 N–H and O–H groups in total. The van der Waals surface area contributed by atoms with Crippen LogP contribution in [0.4, 0.5) is 5.82 Å². The zero-order chi connectivity index (χ0) is 24.6. The van der Waals surface area contributed by atoms with E-state index >= 15 is 0 Å². The first-order valence-electron chi connectivity index (χ1n) is 11.6. The predicted molar refractivity (Wildman–Crippen MR) is 138 cm³/mol. The van der Waals surface area contributed by atoms with Crippen LogP contribution < -0.4 is 9.64 Å². The molecular formula is C27H28N4O3S. The van der Waals surface area contributed by atoms with Crippen molar-refractivity contribution in [1.82, 2.24) is 14.5 Å². The summed E-state index contributed by atoms with van der Waals surface area (Å²) >= 11 is 0. The molecule has 35 heavy (non-hydrogen) atoms. The van der Waals surface area contributed by atoms with Crippen LogP contribution in [0.25, 0.3) is 22.0 Å². The molecule has 7 nitrogen and oxygen atoms in total. The van der Waals surface area contributed by atoms with Gasteiger partial charge in [0.1, 0.15) is 5.75 Å². The van der Waals surface area contributed by atoms with Crippen LogP contribution in [-0.4, -0.2) is 56.2 Å². The quantitative estimate of drug-likeness (QED) is 0.414. The van der Waals surface area contributed by atoms with Gasteiger partial charge >= 0.3 is 0 Å². The predicted octanol–water partition coefficient (Wildman–Crippen LogP) is 4.43. The molecule has 0 bridgehead atoms. The van der Waals surface area contributed by atoms with Gasteiger partial charge in [0, 0.05) is 31.7 Å². The molecule has 0 unspecified atom stereocenters. The number of hydrogen-bond acceptors (Lipinski definition) is 6. The zero-order valence-corrected chi connectivity index (χ0v) is 20.9. The van der Waals surface area contributed by atoms with Gasteiger partial charge in [-0.1, -0.05) is 42.5 Å². The summed E-state index contributed by atoms with van der Waals surface area (Å²) in [6.07, 6.45) is 0. The smallest absolute Gasteiger partial charge is 0.243 e. The number of aryl methyl sites for hydroxylation is 2. The SMILES string of the molecule is COc1cc(C)c(S(=O)(=O)N2CCN(c3ccc(-c4cccc5ccccc45)nn3)CC2)cc1C. The molecule has 3 aromatic carbocycles. The Morgan fingerprint density at radius 2 is 1.57 bits per heavy atom. The lowest BCUT2D eigenvalue weighted by Crippen LogP contribution is -2.49. The van der Waals surface area contributed by atoms with E-state index in [0.717, 1.165) is 33.4 Å². The van der Waals surface area contributed by atoms with Gasteiger partial charge in [-0.25, -0.2) is 8.42 Å². The largest absolute Gasteiger partial charge is 0.496 e. The van der Waals surface area contributed by atoms with E-state index < -0.39 is 10.0 Å². The number of aromatic nitrogens is 2. The highest BCUT2D eigenvalue weighted by molar-refractivity contribution is 7.89. The van der Waals surface area contributed by atoms with Crippen molar-refractivity contribution in [1.29, 1.82) is 0 Å². The lowest BCUT2D eigenvalue weighted by Gasteiger charge is -2.34. The summed E-state index contributed by atoms with van der Waals surface area (Å²) in [7, 11) is -2.00. The Labute approximate surface area is 206 Å². The number of hydrogen-bond donors (Lipinski definition) is 0. The number of nitrogens with zero attached hydrogens (tertiary/aromatic N) is 4. The van der Waals surface area contributed by atoms with Crippen molar-refractivity contribution in [2.24, 2.45) is 0 Å². The molecule has 5 rings (SSSR count). The third-order valence-electron chi connectivity index (χ3n) is 6.59. The first kappa shape index (κ1) is 23.3. The van der Waals surface area contributed by atoms with Gasteiger partial charge in [-0.05, 0) is 60.0 Å². The number of sulfonamides is 1. The van der Waals surface area contributed by atoms with Crippen molar-refractivity contribution in [3.8, 4) is 17.0 Å². The van der Waals surface area contributed by atoms with Crippen molar-refractivity contribution < 1.29 is 13.2 Å². The maximum atomic E-state index is 13.4. The number of fused-ring (bicyclic) bond motifs is 1. The number of rotatable bonds is 5. The van der Waals surface area contributed by atoms with Gasteiger partial charge in [-0.15, -0.1) is 10.2 Å². The fourth-order valence-electron chi connectivity index (χ4n) is 4.64. The van der Waals surface area contributed by atoms with Crippen molar-refractivity contribution in [2.45, 2.75) is 18.7 Å². The van der Waals surface area contributed by atoms with Crippen LogP contribution in [0, 0.1) is 13.8 Å². The summed E-state index contributed by atoms with van der Waals surface area (Å²) in [5.74, 6) is 1.44. The van der Waals surface area contributed by atoms with Crippen molar-refractivity contribution in [3.63, 3.8) is 0 Å². The molecule has 2 heterocycles. The molecule has 0 spiro atoms. The Kier molecular flexibility index (Phi) is 6.17. The second kappa shape index (κ2) is 9.28. The standard InChI is InChI=1S/C27H28N4O3S/c1-19-18-26(20(2)17-25(19)34-3)35(32,33)31-15-13-30(14-16-31)27-12-11-24(28-29-27)23-10-6-8-21-7-4-5-9-22(21)23/h4-12,17-18H,13-16H2,1-3H3. The third kappa shape index (κ3) is 4.35. The van der Waals surface area contributed by atoms with Gasteiger partial charge in [-0.2, -0.15) is 4.31 Å². The monoisotopic (exact) mass is 488 g/mol. The fourth-order valence-corrected chi connectivity index (χ4v) is 6.36. The highest BCUT2D eigenvalue weighted by Gasteiger charge is 2.30. The normalized spacial score (nSPS) is 14.9. The lowest BCUT2D eigenvalue weighted by molar-refractivity contribution is 0.382. The number of anilines is 1. The molecule has 0 saturated carbocycles. The average molecular weight is 489 g/mol. The molecule has 8 heteroatoms. The Balaban J connectivity index is 1.31. The molecule has 0 amide bonds. The number of benzene rings is 3. The molecule has 1 saturated heterocycles. The molecule has 4 aromatic rings. The molecule has 0 radical (unpaired) electrons. The minimum Gasteiger partial charge on any atom is -0.496 e. The summed E-state index contributed by atoms with van der Waals surface area (Å²) in [6, 6.07) is 21.8. The van der Waals surface area contributed by atoms with E-state index in [0.29, 0.717) is 42.4 Å². The minimum atomic E-state index is -3.59. The van der Waals surface area contributed by atoms with Crippen molar-refractivity contribution in [2.75, 3.05) is 38.2 Å². The number of ether oxygens (including phenoxy) is 1. The minimum absolute atomic E-state index is 0.337. The maximum Gasteiger partial charge on any atom is 0.243 e. The van der Waals surface area contributed by atoms with Crippen LogP contribution in [-0.2, 0) is 10.0 Å². The highest BCUT2D eigenvalue weighted by atomic mass is 32.2. The second-order valence-electron chi connectivity index (χ2n) is 8.78. The van der Waals surface area contributed by atoms with E-state index in [2.05, 4.69) is 39.4 Å². The number of methoxy groups -OCH3 is 1. The topological polar surface area (TPSA) is 75.6 Å². The van der Waals surface area contributed by atoms with Gasteiger partial charge in [0.05, 0.1) is 17.7 Å². The zero-order valence-electron chi connectivity index (χ0n) is 20.1. The molecule has 0 aliphatic carbocycles. The van der Waals surface area contributed by atoms with Crippen molar-refractivity contribution in [3.05, 3.63) is 77.9 Å². The van der Waals surface area contributed by atoms with E-state index in [9.17, 15) is 8.42 Å². The Morgan fingerprint density at radius 3 is 2.29 bits per heavy atom. The third-order valence-corrected chi connectivity index (χ3v) is 8.63. The Bertz CT molecular complexity index is 1470. The van der Waals surface area contributed by atoms with E-state index in [4.69, 9.17) is 4.74 Å². The summed E-state index contributed by atoms with van der Waals surface area (Å²) in [6.45, 7) is 5.54. The first-order chi connectivity index (χ1) is 16.9. The molecule has 0 atom stereocenters. The molecule has 180 valence electrons. The van der Waals surface area contributed by atoms with Gasteiger partial charge in [0.25, 0.3) is 0 Å². The van der Waals surface area contributed by atoms with Gasteiger partial charge in [-0.3, -0.25) is 0 Å². The van der Waals surface area contributed by atoms with Crippen molar-refractivity contribution >= 4 is 26.6 Å². The molecule has 1 aliphatic heterocycles. The molecule has 1 fully saturated rings. The summed E-state index contributed by atoms with van der Waals surface area (Å²) in [4.78, 5) is 2.42. The van der Waals surface area contributed by atoms with E-state index in [-0.39, 0.29) is 0 Å². The molecule has 1 aliphatic rings. The lowest BCUT2D eigenvalue weighted by atomic mass is 10.0. The fraction of sp³-hybridized carbons (Fsp3) is 0.259. The Morgan fingerprint density at radius 1 is 0.829 bits per heavy atom. The second-order valence-corrected chi connectivity index (χ2v) is 10.7. The highest BCUT2D eigenvalue weighted by Crippen LogP contribution is 2.30. The van der Waals surface area contributed by atoms with Crippen LogP contribution in [0.15, 0.2) is 71.6 Å². The first-order valence-corrected chi connectivity index (χ1v) is 13.0.